The minimum atomic E-state index is -0.219. The summed E-state index contributed by atoms with van der Waals surface area (Å²) in [4.78, 5) is 37.9. The van der Waals surface area contributed by atoms with Crippen molar-refractivity contribution in [2.24, 2.45) is 0 Å². The lowest BCUT2D eigenvalue weighted by Crippen LogP contribution is -2.45. The molecule has 0 spiro atoms. The number of carbonyl (C=O) groups is 1. The van der Waals surface area contributed by atoms with Gasteiger partial charge in [0.2, 0.25) is 5.91 Å². The molecular weight excluding hydrogens is 538 g/mol. The third-order valence-electron chi connectivity index (χ3n) is 7.89. The third kappa shape index (κ3) is 6.22. The number of halogens is 1. The Morgan fingerprint density at radius 1 is 1.17 bits per heavy atom. The molecule has 0 aliphatic carbocycles. The summed E-state index contributed by atoms with van der Waals surface area (Å²) in [6, 6.07) is 13.8. The van der Waals surface area contributed by atoms with Gasteiger partial charge in [0.25, 0.3) is 5.56 Å². The van der Waals surface area contributed by atoms with E-state index in [1.165, 1.54) is 0 Å². The van der Waals surface area contributed by atoms with Crippen LogP contribution in [0.15, 0.2) is 47.3 Å². The summed E-state index contributed by atoms with van der Waals surface area (Å²) < 4.78 is 1.70. The van der Waals surface area contributed by atoms with Crippen LogP contribution in [0.25, 0.3) is 16.7 Å². The number of piperidine rings is 1. The monoisotopic (exact) mass is 575 g/mol. The topological polar surface area (TPSA) is 99.2 Å². The number of hydrogen-bond acceptors (Lipinski definition) is 6. The second-order valence-corrected chi connectivity index (χ2v) is 11.7. The lowest BCUT2D eigenvalue weighted by atomic mass is 10.1. The average Bonchev–Trinajstić information content (AvgIpc) is 3.32. The molecule has 216 valence electrons. The standard InChI is InChI=1S/C31H38ClN7O2/c1-19(2)28-27-30(39(36-28)29-20(3)7-6-8-24(29)32)34-25(35-31(27)41)17-21-9-11-23(12-10-21)38(5)26(40)18-33-22-13-15-37(4)16-14-22/h6-12,19,22,33H,13-18H2,1-5H3,(H,34,35,41). The van der Waals surface area contributed by atoms with Crippen LogP contribution in [0.1, 0.15) is 55.3 Å². The number of H-pyrrole nitrogens is 1. The molecule has 5 rings (SSSR count). The first-order valence-corrected chi connectivity index (χ1v) is 14.5. The van der Waals surface area contributed by atoms with E-state index in [0.29, 0.717) is 46.6 Å². The number of aromatic amines is 1. The maximum atomic E-state index is 13.3. The van der Waals surface area contributed by atoms with Gasteiger partial charge in [-0.05, 0) is 75.1 Å². The number of para-hydroxylation sites is 1. The highest BCUT2D eigenvalue weighted by Crippen LogP contribution is 2.29. The van der Waals surface area contributed by atoms with Crippen molar-refractivity contribution in [2.45, 2.75) is 52.0 Å². The third-order valence-corrected chi connectivity index (χ3v) is 8.20. The van der Waals surface area contributed by atoms with Gasteiger partial charge in [0.1, 0.15) is 11.2 Å². The number of nitrogens with one attached hydrogen (secondary N) is 2. The predicted octanol–water partition coefficient (Wildman–Crippen LogP) is 4.43. The molecule has 0 saturated carbocycles. The summed E-state index contributed by atoms with van der Waals surface area (Å²) in [5.74, 6) is 0.586. The van der Waals surface area contributed by atoms with Gasteiger partial charge >= 0.3 is 0 Å². The summed E-state index contributed by atoms with van der Waals surface area (Å²) in [5, 5.41) is 9.23. The Labute approximate surface area is 245 Å². The molecule has 2 aromatic heterocycles. The Balaban J connectivity index is 1.35. The molecule has 1 amide bonds. The van der Waals surface area contributed by atoms with Crippen LogP contribution >= 0.6 is 11.6 Å². The maximum absolute atomic E-state index is 13.3. The van der Waals surface area contributed by atoms with Crippen LogP contribution in [0.2, 0.25) is 5.02 Å². The zero-order valence-electron chi connectivity index (χ0n) is 24.4. The Kier molecular flexibility index (Phi) is 8.58. The highest BCUT2D eigenvalue weighted by molar-refractivity contribution is 6.32. The van der Waals surface area contributed by atoms with Crippen LogP contribution in [0.5, 0.6) is 0 Å². The molecule has 0 bridgehead atoms. The average molecular weight is 576 g/mol. The number of carbonyl (C=O) groups excluding carboxylic acids is 1. The SMILES string of the molecule is Cc1cccc(Cl)c1-n1nc(C(C)C)c2c(=O)[nH]c(Cc3ccc(N(C)C(=O)CNC4CCN(C)CC4)cc3)nc21. The normalized spacial score (nSPS) is 14.7. The van der Waals surface area contributed by atoms with Gasteiger partial charge in [0, 0.05) is 25.2 Å². The molecular formula is C31H38ClN7O2. The molecule has 2 aromatic carbocycles. The van der Waals surface area contributed by atoms with E-state index in [0.717, 1.165) is 48.4 Å². The zero-order chi connectivity index (χ0) is 29.3. The van der Waals surface area contributed by atoms with E-state index in [1.807, 2.05) is 63.2 Å². The molecule has 0 radical (unpaired) electrons. The lowest BCUT2D eigenvalue weighted by Gasteiger charge is -2.30. The number of fused-ring (bicyclic) bond motifs is 1. The molecule has 0 atom stereocenters. The molecule has 1 aliphatic heterocycles. The Morgan fingerprint density at radius 3 is 2.54 bits per heavy atom. The summed E-state index contributed by atoms with van der Waals surface area (Å²) >= 11 is 6.58. The number of benzene rings is 2. The Morgan fingerprint density at radius 2 is 1.88 bits per heavy atom. The van der Waals surface area contributed by atoms with Crippen molar-refractivity contribution in [3.63, 3.8) is 0 Å². The number of anilines is 1. The van der Waals surface area contributed by atoms with Crippen LogP contribution in [-0.2, 0) is 11.2 Å². The summed E-state index contributed by atoms with van der Waals surface area (Å²) in [6.07, 6.45) is 2.54. The maximum Gasteiger partial charge on any atom is 0.262 e. The van der Waals surface area contributed by atoms with Crippen molar-refractivity contribution < 1.29 is 4.79 Å². The van der Waals surface area contributed by atoms with Crippen molar-refractivity contribution in [1.29, 1.82) is 0 Å². The first-order valence-electron chi connectivity index (χ1n) is 14.2. The highest BCUT2D eigenvalue weighted by Gasteiger charge is 2.22. The molecule has 1 fully saturated rings. The van der Waals surface area contributed by atoms with Gasteiger partial charge < -0.3 is 20.1 Å². The van der Waals surface area contributed by atoms with E-state index < -0.39 is 0 Å². The number of nitrogens with zero attached hydrogens (tertiary/aromatic N) is 5. The minimum absolute atomic E-state index is 0.0252. The number of likely N-dealkylation sites (N-methyl/N-ethyl adjacent to an activating group) is 1. The van der Waals surface area contributed by atoms with Gasteiger partial charge in [-0.15, -0.1) is 0 Å². The molecule has 1 saturated heterocycles. The van der Waals surface area contributed by atoms with E-state index in [1.54, 1.807) is 16.6 Å². The quantitative estimate of drug-likeness (QED) is 0.322. The van der Waals surface area contributed by atoms with Crippen LogP contribution in [0.4, 0.5) is 5.69 Å². The van der Waals surface area contributed by atoms with Crippen LogP contribution in [0.3, 0.4) is 0 Å². The van der Waals surface area contributed by atoms with Gasteiger partial charge in [-0.1, -0.05) is 49.7 Å². The molecule has 4 aromatic rings. The first-order chi connectivity index (χ1) is 19.6. The van der Waals surface area contributed by atoms with Gasteiger partial charge in [-0.25, -0.2) is 9.67 Å². The number of aryl methyl sites for hydroxylation is 1. The van der Waals surface area contributed by atoms with E-state index in [-0.39, 0.29) is 17.4 Å². The fourth-order valence-electron chi connectivity index (χ4n) is 5.37. The molecule has 1 aliphatic rings. The predicted molar refractivity (Wildman–Crippen MR) is 165 cm³/mol. The zero-order valence-corrected chi connectivity index (χ0v) is 25.1. The van der Waals surface area contributed by atoms with Crippen molar-refractivity contribution >= 4 is 34.2 Å². The fourth-order valence-corrected chi connectivity index (χ4v) is 5.67. The molecule has 10 heteroatoms. The second-order valence-electron chi connectivity index (χ2n) is 11.3. The van der Waals surface area contributed by atoms with E-state index in [9.17, 15) is 9.59 Å². The largest absolute Gasteiger partial charge is 0.314 e. The van der Waals surface area contributed by atoms with Crippen molar-refractivity contribution in [3.05, 3.63) is 80.5 Å². The highest BCUT2D eigenvalue weighted by atomic mass is 35.5. The minimum Gasteiger partial charge on any atom is -0.314 e. The second kappa shape index (κ2) is 12.1. The molecule has 0 unspecified atom stereocenters. The summed E-state index contributed by atoms with van der Waals surface area (Å²) in [7, 11) is 3.93. The Hall–Kier alpha value is -3.53. The number of hydrogen-bond donors (Lipinski definition) is 2. The molecule has 2 N–H and O–H groups in total. The number of likely N-dealkylation sites (tertiary alicyclic amines) is 1. The van der Waals surface area contributed by atoms with Gasteiger partial charge in [0.05, 0.1) is 22.9 Å². The van der Waals surface area contributed by atoms with E-state index >= 15 is 0 Å². The first kappa shape index (κ1) is 29.0. The number of amides is 1. The Bertz CT molecular complexity index is 1580. The van der Waals surface area contributed by atoms with Crippen LogP contribution < -0.4 is 15.8 Å². The molecule has 3 heterocycles. The van der Waals surface area contributed by atoms with Crippen LogP contribution in [0, 0.1) is 6.92 Å². The van der Waals surface area contributed by atoms with Gasteiger partial charge in [-0.2, -0.15) is 5.10 Å². The van der Waals surface area contributed by atoms with Crippen molar-refractivity contribution in [2.75, 3.05) is 38.6 Å². The lowest BCUT2D eigenvalue weighted by molar-refractivity contribution is -0.117. The molecule has 41 heavy (non-hydrogen) atoms. The number of aromatic nitrogens is 4. The van der Waals surface area contributed by atoms with Gasteiger partial charge in [-0.3, -0.25) is 9.59 Å². The molecule has 9 nitrogen and oxygen atoms in total. The smallest absolute Gasteiger partial charge is 0.262 e. The number of rotatable bonds is 8. The summed E-state index contributed by atoms with van der Waals surface area (Å²) in [6.45, 7) is 8.40. The van der Waals surface area contributed by atoms with E-state index in [2.05, 4.69) is 22.2 Å². The van der Waals surface area contributed by atoms with Crippen LogP contribution in [-0.4, -0.2) is 70.3 Å². The van der Waals surface area contributed by atoms with Crippen molar-refractivity contribution in [1.82, 2.24) is 30.0 Å². The van der Waals surface area contributed by atoms with Gasteiger partial charge in [0.15, 0.2) is 5.65 Å². The fraction of sp³-hybridized carbons (Fsp3) is 0.419. The van der Waals surface area contributed by atoms with Crippen molar-refractivity contribution in [3.8, 4) is 5.69 Å². The summed E-state index contributed by atoms with van der Waals surface area (Å²) in [5.41, 5.74) is 4.39. The van der Waals surface area contributed by atoms with E-state index in [4.69, 9.17) is 21.7 Å².